The summed E-state index contributed by atoms with van der Waals surface area (Å²) in [7, 11) is -3.89. The van der Waals surface area contributed by atoms with Gasteiger partial charge >= 0.3 is 0 Å². The van der Waals surface area contributed by atoms with Crippen LogP contribution in [0.1, 0.15) is 39.0 Å². The van der Waals surface area contributed by atoms with Crippen molar-refractivity contribution in [3.05, 3.63) is 22.2 Å². The fourth-order valence-corrected chi connectivity index (χ4v) is 4.14. The molecule has 0 heterocycles. The summed E-state index contributed by atoms with van der Waals surface area (Å²) in [5.41, 5.74) is 0. The van der Waals surface area contributed by atoms with E-state index in [9.17, 15) is 8.42 Å². The summed E-state index contributed by atoms with van der Waals surface area (Å²) >= 11 is 12.1. The summed E-state index contributed by atoms with van der Waals surface area (Å²) < 4.78 is 28.8. The van der Waals surface area contributed by atoms with E-state index in [1.54, 1.807) is 0 Å². The topological polar surface area (TPSA) is 69.4 Å². The van der Waals surface area contributed by atoms with Gasteiger partial charge in [-0.3, -0.25) is 0 Å². The van der Waals surface area contributed by atoms with Gasteiger partial charge < -0.3 is 4.74 Å². The van der Waals surface area contributed by atoms with Gasteiger partial charge in [0.1, 0.15) is 16.7 Å². The first-order chi connectivity index (χ1) is 9.82. The molecule has 2 unspecified atom stereocenters. The predicted molar refractivity (Wildman–Crippen MR) is 84.5 cm³/mol. The summed E-state index contributed by atoms with van der Waals surface area (Å²) in [5.74, 6) is 0.908. The van der Waals surface area contributed by atoms with Crippen molar-refractivity contribution in [1.29, 1.82) is 0 Å². The lowest BCUT2D eigenvalue weighted by molar-refractivity contribution is 0.0904. The summed E-state index contributed by atoms with van der Waals surface area (Å²) in [5, 5.41) is 5.33. The van der Waals surface area contributed by atoms with Gasteiger partial charge in [-0.25, -0.2) is 13.6 Å². The van der Waals surface area contributed by atoms with Gasteiger partial charge in [0.05, 0.1) is 10.0 Å². The number of rotatable bonds is 4. The van der Waals surface area contributed by atoms with Crippen LogP contribution >= 0.6 is 23.2 Å². The van der Waals surface area contributed by atoms with Gasteiger partial charge in [0.15, 0.2) is 0 Å². The third kappa shape index (κ3) is 4.03. The highest BCUT2D eigenvalue weighted by molar-refractivity contribution is 7.89. The Morgan fingerprint density at radius 3 is 2.52 bits per heavy atom. The average Bonchev–Trinajstić information content (AvgIpc) is 2.42. The van der Waals surface area contributed by atoms with Crippen LogP contribution < -0.4 is 9.88 Å². The molecule has 118 valence electrons. The molecule has 0 amide bonds. The monoisotopic (exact) mass is 351 g/mol. The smallest absolute Gasteiger partial charge is 0.239 e. The molecule has 1 aromatic rings. The molecule has 21 heavy (non-hydrogen) atoms. The zero-order chi connectivity index (χ0) is 15.6. The number of primary sulfonamides is 1. The molecule has 1 aliphatic carbocycles. The average molecular weight is 352 g/mol. The van der Waals surface area contributed by atoms with E-state index in [4.69, 9.17) is 33.1 Å². The maximum Gasteiger partial charge on any atom is 0.239 e. The Morgan fingerprint density at radius 1 is 1.24 bits per heavy atom. The van der Waals surface area contributed by atoms with E-state index >= 15 is 0 Å². The maximum atomic E-state index is 11.4. The summed E-state index contributed by atoms with van der Waals surface area (Å²) in [6.07, 6.45) is 5.60. The van der Waals surface area contributed by atoms with Crippen molar-refractivity contribution in [3.63, 3.8) is 0 Å². The summed E-state index contributed by atoms with van der Waals surface area (Å²) in [6, 6.07) is 2.68. The third-order valence-corrected chi connectivity index (χ3v) is 5.61. The van der Waals surface area contributed by atoms with Gasteiger partial charge in [-0.15, -0.1) is 0 Å². The zero-order valence-electron chi connectivity index (χ0n) is 11.8. The van der Waals surface area contributed by atoms with E-state index in [0.717, 1.165) is 25.7 Å². The molecule has 1 saturated carbocycles. The molecule has 2 rings (SSSR count). The van der Waals surface area contributed by atoms with Crippen LogP contribution in [0.2, 0.25) is 10.0 Å². The van der Waals surface area contributed by atoms with Gasteiger partial charge in [-0.1, -0.05) is 36.5 Å². The SMILES string of the molecule is CCC1CCCCC1Oc1cc(Cl)c(S(N)(=O)=O)cc1Cl. The zero-order valence-corrected chi connectivity index (χ0v) is 14.1. The van der Waals surface area contributed by atoms with Crippen LogP contribution in [0.3, 0.4) is 0 Å². The normalized spacial score (nSPS) is 23.0. The number of nitrogens with two attached hydrogens (primary N) is 1. The molecular weight excluding hydrogens is 333 g/mol. The second-order valence-corrected chi connectivity index (χ2v) is 7.71. The van der Waals surface area contributed by atoms with Crippen molar-refractivity contribution in [1.82, 2.24) is 0 Å². The molecule has 2 atom stereocenters. The number of halogens is 2. The Balaban J connectivity index is 2.27. The fourth-order valence-electron chi connectivity index (χ4n) is 2.78. The Labute approximate surface area is 135 Å². The van der Waals surface area contributed by atoms with Crippen LogP contribution in [0, 0.1) is 5.92 Å². The van der Waals surface area contributed by atoms with Crippen LogP contribution in [-0.4, -0.2) is 14.5 Å². The van der Waals surface area contributed by atoms with Crippen molar-refractivity contribution in [2.24, 2.45) is 11.1 Å². The minimum absolute atomic E-state index is 0.0285. The molecule has 1 fully saturated rings. The number of hydrogen-bond donors (Lipinski definition) is 1. The fraction of sp³-hybridized carbons (Fsp3) is 0.571. The molecular formula is C14H19Cl2NO3S. The number of benzene rings is 1. The maximum absolute atomic E-state index is 11.4. The molecule has 7 heteroatoms. The van der Waals surface area contributed by atoms with E-state index in [-0.39, 0.29) is 21.0 Å². The molecule has 0 bridgehead atoms. The summed E-state index contributed by atoms with van der Waals surface area (Å²) in [6.45, 7) is 2.14. The van der Waals surface area contributed by atoms with Crippen LogP contribution in [0.25, 0.3) is 0 Å². The molecule has 1 aliphatic rings. The van der Waals surface area contributed by atoms with Gasteiger partial charge in [0, 0.05) is 6.07 Å². The highest BCUT2D eigenvalue weighted by Gasteiger charge is 2.26. The minimum atomic E-state index is -3.89. The van der Waals surface area contributed by atoms with Crippen LogP contribution in [0.15, 0.2) is 17.0 Å². The number of ether oxygens (including phenoxy) is 1. The van der Waals surface area contributed by atoms with E-state index in [1.807, 2.05) is 0 Å². The molecule has 1 aromatic carbocycles. The predicted octanol–water partition coefficient (Wildman–Crippen LogP) is 3.99. The summed E-state index contributed by atoms with van der Waals surface area (Å²) in [4.78, 5) is -0.183. The highest BCUT2D eigenvalue weighted by atomic mass is 35.5. The first-order valence-electron chi connectivity index (χ1n) is 7.01. The Kier molecular flexibility index (Phi) is 5.41. The van der Waals surface area contributed by atoms with E-state index < -0.39 is 10.0 Å². The lowest BCUT2D eigenvalue weighted by Gasteiger charge is -2.31. The number of sulfonamides is 1. The highest BCUT2D eigenvalue weighted by Crippen LogP contribution is 2.37. The van der Waals surface area contributed by atoms with Crippen molar-refractivity contribution >= 4 is 33.2 Å². The molecule has 0 aromatic heterocycles. The van der Waals surface area contributed by atoms with E-state index in [1.165, 1.54) is 18.6 Å². The van der Waals surface area contributed by atoms with Crippen molar-refractivity contribution in [2.45, 2.75) is 50.0 Å². The molecule has 0 saturated heterocycles. The van der Waals surface area contributed by atoms with Crippen LogP contribution in [0.4, 0.5) is 0 Å². The first kappa shape index (κ1) is 16.9. The molecule has 0 radical (unpaired) electrons. The van der Waals surface area contributed by atoms with Crippen LogP contribution in [-0.2, 0) is 10.0 Å². The third-order valence-electron chi connectivity index (χ3n) is 3.93. The standard InChI is InChI=1S/C14H19Cl2NO3S/c1-2-9-5-3-4-6-12(9)20-13-7-11(16)14(8-10(13)15)21(17,18)19/h7-9,12H,2-6H2,1H3,(H2,17,18,19). The Hall–Kier alpha value is -0.490. The molecule has 0 aliphatic heterocycles. The van der Waals surface area contributed by atoms with E-state index in [0.29, 0.717) is 11.7 Å². The Bertz CT molecular complexity index is 619. The van der Waals surface area contributed by atoms with Gasteiger partial charge in [-0.2, -0.15) is 0 Å². The van der Waals surface area contributed by atoms with Gasteiger partial charge in [0.2, 0.25) is 10.0 Å². The van der Waals surface area contributed by atoms with Crippen LogP contribution in [0.5, 0.6) is 5.75 Å². The first-order valence-corrected chi connectivity index (χ1v) is 9.31. The molecule has 0 spiro atoms. The lowest BCUT2D eigenvalue weighted by Crippen LogP contribution is -2.30. The van der Waals surface area contributed by atoms with Crippen molar-refractivity contribution in [3.8, 4) is 5.75 Å². The van der Waals surface area contributed by atoms with Crippen molar-refractivity contribution in [2.75, 3.05) is 0 Å². The lowest BCUT2D eigenvalue weighted by atomic mass is 9.85. The molecule has 2 N–H and O–H groups in total. The van der Waals surface area contributed by atoms with Crippen molar-refractivity contribution < 1.29 is 13.2 Å². The quantitative estimate of drug-likeness (QED) is 0.891. The van der Waals surface area contributed by atoms with Gasteiger partial charge in [-0.05, 0) is 37.7 Å². The second-order valence-electron chi connectivity index (χ2n) is 5.37. The molecule has 4 nitrogen and oxygen atoms in total. The minimum Gasteiger partial charge on any atom is -0.489 e. The second kappa shape index (κ2) is 6.73. The van der Waals surface area contributed by atoms with Gasteiger partial charge in [0.25, 0.3) is 0 Å². The largest absolute Gasteiger partial charge is 0.489 e. The number of hydrogen-bond acceptors (Lipinski definition) is 3. The van der Waals surface area contributed by atoms with E-state index in [2.05, 4.69) is 6.92 Å². The Morgan fingerprint density at radius 2 is 1.90 bits per heavy atom.